The average Bonchev–Trinajstić information content (AvgIpc) is 3.09. The molecule has 5 nitrogen and oxygen atoms in total. The summed E-state index contributed by atoms with van der Waals surface area (Å²) in [6, 6.07) is 8.06. The van der Waals surface area contributed by atoms with Crippen molar-refractivity contribution in [2.45, 2.75) is 12.8 Å². The van der Waals surface area contributed by atoms with Crippen molar-refractivity contribution in [2.24, 2.45) is 13.0 Å². The summed E-state index contributed by atoms with van der Waals surface area (Å²) in [7, 11) is 2.01. The fraction of sp³-hybridized carbons (Fsp3) is 0.467. The number of rotatable bonds is 4. The van der Waals surface area contributed by atoms with Gasteiger partial charge in [-0.05, 0) is 18.6 Å². The molecule has 1 aliphatic heterocycles. The Morgan fingerprint density at radius 1 is 1.50 bits per heavy atom. The molecule has 1 atom stereocenters. The molecule has 0 spiro atoms. The van der Waals surface area contributed by atoms with E-state index in [2.05, 4.69) is 20.9 Å². The van der Waals surface area contributed by atoms with Crippen LogP contribution in [0, 0.1) is 5.92 Å². The first kappa shape index (κ1) is 13.1. The van der Waals surface area contributed by atoms with Crippen LogP contribution in [0.2, 0.25) is 0 Å². The molecule has 0 saturated carbocycles. The molecule has 1 fully saturated rings. The minimum absolute atomic E-state index is 0.0236. The van der Waals surface area contributed by atoms with Crippen LogP contribution >= 0.6 is 0 Å². The van der Waals surface area contributed by atoms with E-state index >= 15 is 0 Å². The number of hydrogen-bond donors (Lipinski definition) is 1. The van der Waals surface area contributed by atoms with E-state index in [1.807, 2.05) is 25.2 Å². The molecule has 1 unspecified atom stereocenters. The lowest BCUT2D eigenvalue weighted by Gasteiger charge is -2.09. The molecule has 0 aliphatic carbocycles. The van der Waals surface area contributed by atoms with Gasteiger partial charge in [0.05, 0.1) is 23.6 Å². The molecule has 2 aromatic rings. The van der Waals surface area contributed by atoms with Crippen LogP contribution in [-0.4, -0.2) is 35.2 Å². The molecule has 0 radical (unpaired) electrons. The van der Waals surface area contributed by atoms with Crippen molar-refractivity contribution >= 4 is 16.9 Å². The first-order valence-corrected chi connectivity index (χ1v) is 7.01. The lowest BCUT2D eigenvalue weighted by molar-refractivity contribution is -0.124. The van der Waals surface area contributed by atoms with Crippen LogP contribution in [0.5, 0.6) is 0 Å². The fourth-order valence-electron chi connectivity index (χ4n) is 2.60. The number of fused-ring (bicyclic) bond motifs is 1. The van der Waals surface area contributed by atoms with Crippen LogP contribution in [0.25, 0.3) is 11.0 Å². The summed E-state index contributed by atoms with van der Waals surface area (Å²) in [5, 5.41) is 2.97. The van der Waals surface area contributed by atoms with Crippen molar-refractivity contribution in [1.29, 1.82) is 0 Å². The van der Waals surface area contributed by atoms with Gasteiger partial charge in [0.15, 0.2) is 0 Å². The molecule has 1 aromatic carbocycles. The third-order valence-electron chi connectivity index (χ3n) is 3.83. The lowest BCUT2D eigenvalue weighted by atomic mass is 10.1. The highest BCUT2D eigenvalue weighted by molar-refractivity contribution is 5.79. The second-order valence-electron chi connectivity index (χ2n) is 5.18. The van der Waals surface area contributed by atoms with E-state index in [0.29, 0.717) is 19.8 Å². The maximum atomic E-state index is 11.9. The molecular weight excluding hydrogens is 254 g/mol. The summed E-state index contributed by atoms with van der Waals surface area (Å²) in [4.78, 5) is 16.5. The standard InChI is InChI=1S/C15H19N3O2/c1-18-13-5-3-2-4-12(13)17-14(18)6-8-16-15(19)11-7-9-20-10-11/h2-5,11H,6-10H2,1H3,(H,16,19). The monoisotopic (exact) mass is 273 g/mol. The Morgan fingerprint density at radius 2 is 2.35 bits per heavy atom. The van der Waals surface area contributed by atoms with E-state index in [0.717, 1.165) is 29.7 Å². The molecule has 20 heavy (non-hydrogen) atoms. The topological polar surface area (TPSA) is 56.2 Å². The van der Waals surface area contributed by atoms with Gasteiger partial charge >= 0.3 is 0 Å². The van der Waals surface area contributed by atoms with Crippen molar-refractivity contribution in [3.63, 3.8) is 0 Å². The van der Waals surface area contributed by atoms with Crippen molar-refractivity contribution in [2.75, 3.05) is 19.8 Å². The van der Waals surface area contributed by atoms with Gasteiger partial charge in [-0.3, -0.25) is 4.79 Å². The third kappa shape index (κ3) is 2.54. The van der Waals surface area contributed by atoms with Gasteiger partial charge in [0.25, 0.3) is 0 Å². The number of amides is 1. The lowest BCUT2D eigenvalue weighted by Crippen LogP contribution is -2.32. The molecule has 2 heterocycles. The van der Waals surface area contributed by atoms with Crippen LogP contribution in [0.1, 0.15) is 12.2 Å². The second-order valence-corrected chi connectivity index (χ2v) is 5.18. The Labute approximate surface area is 117 Å². The van der Waals surface area contributed by atoms with Crippen LogP contribution in [0.15, 0.2) is 24.3 Å². The SMILES string of the molecule is Cn1c(CCNC(=O)C2CCOC2)nc2ccccc21. The molecule has 1 aliphatic rings. The number of carbonyl (C=O) groups is 1. The van der Waals surface area contributed by atoms with Crippen molar-refractivity contribution in [1.82, 2.24) is 14.9 Å². The predicted molar refractivity (Wildman–Crippen MR) is 76.4 cm³/mol. The van der Waals surface area contributed by atoms with Crippen LogP contribution < -0.4 is 5.32 Å². The first-order chi connectivity index (χ1) is 9.75. The number of benzene rings is 1. The number of imidazole rings is 1. The summed E-state index contributed by atoms with van der Waals surface area (Å²) in [6.45, 7) is 1.87. The zero-order valence-electron chi connectivity index (χ0n) is 11.6. The highest BCUT2D eigenvalue weighted by atomic mass is 16.5. The maximum absolute atomic E-state index is 11.9. The van der Waals surface area contributed by atoms with Crippen LogP contribution in [-0.2, 0) is 23.0 Å². The number of ether oxygens (including phenoxy) is 1. The van der Waals surface area contributed by atoms with Gasteiger partial charge in [0.1, 0.15) is 5.82 Å². The van der Waals surface area contributed by atoms with E-state index in [-0.39, 0.29) is 11.8 Å². The third-order valence-corrected chi connectivity index (χ3v) is 3.83. The van der Waals surface area contributed by atoms with Crippen molar-refractivity contribution in [3.8, 4) is 0 Å². The molecule has 3 rings (SSSR count). The quantitative estimate of drug-likeness (QED) is 0.912. The van der Waals surface area contributed by atoms with Gasteiger partial charge in [-0.1, -0.05) is 12.1 Å². The molecule has 1 N–H and O–H groups in total. The molecule has 1 saturated heterocycles. The Bertz CT molecular complexity index is 615. The van der Waals surface area contributed by atoms with Crippen LogP contribution in [0.3, 0.4) is 0 Å². The van der Waals surface area contributed by atoms with Gasteiger partial charge in [0, 0.05) is 26.6 Å². The Morgan fingerprint density at radius 3 is 3.10 bits per heavy atom. The van der Waals surface area contributed by atoms with E-state index in [9.17, 15) is 4.79 Å². The number of nitrogens with one attached hydrogen (secondary N) is 1. The summed E-state index contributed by atoms with van der Waals surface area (Å²) in [5.74, 6) is 1.12. The first-order valence-electron chi connectivity index (χ1n) is 7.01. The number of carbonyl (C=O) groups excluding carboxylic acids is 1. The van der Waals surface area contributed by atoms with E-state index in [1.54, 1.807) is 0 Å². The normalized spacial score (nSPS) is 18.6. The molecule has 1 aromatic heterocycles. The maximum Gasteiger partial charge on any atom is 0.225 e. The zero-order chi connectivity index (χ0) is 13.9. The second kappa shape index (κ2) is 5.63. The zero-order valence-corrected chi connectivity index (χ0v) is 11.6. The minimum atomic E-state index is 0.0236. The van der Waals surface area contributed by atoms with Crippen LogP contribution in [0.4, 0.5) is 0 Å². The largest absolute Gasteiger partial charge is 0.381 e. The Kier molecular flexibility index (Phi) is 3.69. The number of para-hydroxylation sites is 2. The highest BCUT2D eigenvalue weighted by Gasteiger charge is 2.22. The molecule has 5 heteroatoms. The van der Waals surface area contributed by atoms with E-state index in [1.165, 1.54) is 0 Å². The van der Waals surface area contributed by atoms with Gasteiger partial charge in [-0.2, -0.15) is 0 Å². The minimum Gasteiger partial charge on any atom is -0.381 e. The fourth-order valence-corrected chi connectivity index (χ4v) is 2.60. The number of aryl methyl sites for hydroxylation is 1. The number of nitrogens with zero attached hydrogens (tertiary/aromatic N) is 2. The number of hydrogen-bond acceptors (Lipinski definition) is 3. The van der Waals surface area contributed by atoms with Gasteiger partial charge in [-0.15, -0.1) is 0 Å². The average molecular weight is 273 g/mol. The van der Waals surface area contributed by atoms with Gasteiger partial charge in [-0.25, -0.2) is 4.98 Å². The molecule has 106 valence electrons. The van der Waals surface area contributed by atoms with E-state index < -0.39 is 0 Å². The Hall–Kier alpha value is -1.88. The van der Waals surface area contributed by atoms with Crippen molar-refractivity contribution in [3.05, 3.63) is 30.1 Å². The van der Waals surface area contributed by atoms with Crippen molar-refractivity contribution < 1.29 is 9.53 Å². The summed E-state index contributed by atoms with van der Waals surface area (Å²) >= 11 is 0. The summed E-state index contributed by atoms with van der Waals surface area (Å²) in [6.07, 6.45) is 1.57. The molecule has 1 amide bonds. The molecular formula is C15H19N3O2. The smallest absolute Gasteiger partial charge is 0.225 e. The van der Waals surface area contributed by atoms with Gasteiger partial charge < -0.3 is 14.6 Å². The Balaban J connectivity index is 1.59. The van der Waals surface area contributed by atoms with Gasteiger partial charge in [0.2, 0.25) is 5.91 Å². The molecule has 0 bridgehead atoms. The summed E-state index contributed by atoms with van der Waals surface area (Å²) in [5.41, 5.74) is 2.12. The predicted octanol–water partition coefficient (Wildman–Crippen LogP) is 1.27. The number of aromatic nitrogens is 2. The van der Waals surface area contributed by atoms with E-state index in [4.69, 9.17) is 4.74 Å². The highest BCUT2D eigenvalue weighted by Crippen LogP contribution is 2.15. The summed E-state index contributed by atoms with van der Waals surface area (Å²) < 4.78 is 7.31.